The van der Waals surface area contributed by atoms with Gasteiger partial charge in [-0.25, -0.2) is 4.98 Å². The van der Waals surface area contributed by atoms with Crippen molar-refractivity contribution in [1.82, 2.24) is 9.55 Å². The highest BCUT2D eigenvalue weighted by Gasteiger charge is 2.20. The molecule has 2 heterocycles. The van der Waals surface area contributed by atoms with Gasteiger partial charge >= 0.3 is 0 Å². The van der Waals surface area contributed by atoms with E-state index in [9.17, 15) is 0 Å². The SMILES string of the molecule is COc1cc(-c2nc(CN)cc3c4ccccc4n(C)c23)cc(OC)c1OC. The van der Waals surface area contributed by atoms with Crippen molar-refractivity contribution in [2.45, 2.75) is 6.54 Å². The number of benzene rings is 2. The summed E-state index contributed by atoms with van der Waals surface area (Å²) >= 11 is 0. The van der Waals surface area contributed by atoms with Gasteiger partial charge < -0.3 is 24.5 Å². The van der Waals surface area contributed by atoms with Gasteiger partial charge in [0.05, 0.1) is 38.2 Å². The number of methoxy groups -OCH3 is 3. The van der Waals surface area contributed by atoms with E-state index in [1.807, 2.05) is 24.3 Å². The number of fused-ring (bicyclic) bond motifs is 3. The number of ether oxygens (including phenoxy) is 3. The second-order valence-corrected chi connectivity index (χ2v) is 6.55. The molecule has 0 atom stereocenters. The molecular weight excluding hydrogens is 354 g/mol. The summed E-state index contributed by atoms with van der Waals surface area (Å²) in [5, 5.41) is 2.29. The van der Waals surface area contributed by atoms with Crippen LogP contribution in [0.1, 0.15) is 5.69 Å². The van der Waals surface area contributed by atoms with E-state index in [1.165, 1.54) is 5.39 Å². The summed E-state index contributed by atoms with van der Waals surface area (Å²) in [6, 6.07) is 14.2. The van der Waals surface area contributed by atoms with Crippen LogP contribution >= 0.6 is 0 Å². The van der Waals surface area contributed by atoms with Crippen LogP contribution in [0.5, 0.6) is 17.2 Å². The fourth-order valence-corrected chi connectivity index (χ4v) is 3.77. The van der Waals surface area contributed by atoms with Gasteiger partial charge in [0, 0.05) is 35.4 Å². The molecule has 0 amide bonds. The summed E-state index contributed by atoms with van der Waals surface area (Å²) in [5.74, 6) is 1.73. The molecule has 0 aliphatic carbocycles. The smallest absolute Gasteiger partial charge is 0.203 e. The van der Waals surface area contributed by atoms with Crippen LogP contribution in [0.2, 0.25) is 0 Å². The minimum atomic E-state index is 0.358. The first-order chi connectivity index (χ1) is 13.6. The van der Waals surface area contributed by atoms with Crippen LogP contribution in [-0.2, 0) is 13.6 Å². The molecule has 6 heteroatoms. The summed E-state index contributed by atoms with van der Waals surface area (Å²) in [4.78, 5) is 4.85. The standard InChI is InChI=1S/C22H23N3O3/c1-25-17-8-6-5-7-15(17)16-11-14(12-23)24-20(21(16)25)13-9-18(26-2)22(28-4)19(10-13)27-3/h5-11H,12,23H2,1-4H3. The van der Waals surface area contributed by atoms with Crippen LogP contribution in [0.3, 0.4) is 0 Å². The molecular formula is C22H23N3O3. The van der Waals surface area contributed by atoms with Crippen LogP contribution in [-0.4, -0.2) is 30.9 Å². The first kappa shape index (κ1) is 18.1. The summed E-state index contributed by atoms with van der Waals surface area (Å²) in [6.07, 6.45) is 0. The number of nitrogens with two attached hydrogens (primary N) is 1. The lowest BCUT2D eigenvalue weighted by Gasteiger charge is -2.15. The zero-order valence-electron chi connectivity index (χ0n) is 16.4. The number of aryl methyl sites for hydroxylation is 1. The monoisotopic (exact) mass is 377 g/mol. The molecule has 6 nitrogen and oxygen atoms in total. The van der Waals surface area contributed by atoms with Crippen molar-refractivity contribution < 1.29 is 14.2 Å². The van der Waals surface area contributed by atoms with Crippen molar-refractivity contribution in [2.24, 2.45) is 12.8 Å². The Balaban J connectivity index is 2.12. The van der Waals surface area contributed by atoms with Gasteiger partial charge in [-0.1, -0.05) is 18.2 Å². The highest BCUT2D eigenvalue weighted by molar-refractivity contribution is 6.12. The van der Waals surface area contributed by atoms with E-state index >= 15 is 0 Å². The normalized spacial score (nSPS) is 11.2. The lowest BCUT2D eigenvalue weighted by molar-refractivity contribution is 0.324. The lowest BCUT2D eigenvalue weighted by atomic mass is 10.1. The van der Waals surface area contributed by atoms with Crippen molar-refractivity contribution in [3.05, 3.63) is 48.2 Å². The van der Waals surface area contributed by atoms with Crippen molar-refractivity contribution in [3.8, 4) is 28.5 Å². The third-order valence-electron chi connectivity index (χ3n) is 5.08. The van der Waals surface area contributed by atoms with Gasteiger partial charge in [-0.15, -0.1) is 0 Å². The minimum Gasteiger partial charge on any atom is -0.493 e. The van der Waals surface area contributed by atoms with Crippen LogP contribution in [0, 0.1) is 0 Å². The first-order valence-corrected chi connectivity index (χ1v) is 9.00. The van der Waals surface area contributed by atoms with E-state index in [4.69, 9.17) is 24.9 Å². The van der Waals surface area contributed by atoms with Crippen molar-refractivity contribution in [3.63, 3.8) is 0 Å². The maximum atomic E-state index is 5.96. The topological polar surface area (TPSA) is 71.5 Å². The largest absolute Gasteiger partial charge is 0.493 e. The van der Waals surface area contributed by atoms with E-state index in [1.54, 1.807) is 21.3 Å². The van der Waals surface area contributed by atoms with Crippen LogP contribution in [0.4, 0.5) is 0 Å². The fourth-order valence-electron chi connectivity index (χ4n) is 3.77. The number of rotatable bonds is 5. The Hall–Kier alpha value is -3.25. The van der Waals surface area contributed by atoms with E-state index in [-0.39, 0.29) is 0 Å². The minimum absolute atomic E-state index is 0.358. The highest BCUT2D eigenvalue weighted by Crippen LogP contribution is 2.43. The Morgan fingerprint density at radius 2 is 1.61 bits per heavy atom. The molecule has 0 aliphatic heterocycles. The molecule has 2 N–H and O–H groups in total. The predicted molar refractivity (Wildman–Crippen MR) is 111 cm³/mol. The third-order valence-corrected chi connectivity index (χ3v) is 5.08. The molecule has 0 aliphatic rings. The summed E-state index contributed by atoms with van der Waals surface area (Å²) in [6.45, 7) is 0.358. The quantitative estimate of drug-likeness (QED) is 0.571. The molecule has 144 valence electrons. The molecule has 4 aromatic rings. The zero-order chi connectivity index (χ0) is 19.8. The van der Waals surface area contributed by atoms with Crippen molar-refractivity contribution >= 4 is 21.8 Å². The first-order valence-electron chi connectivity index (χ1n) is 9.00. The molecule has 0 saturated heterocycles. The van der Waals surface area contributed by atoms with E-state index in [0.29, 0.717) is 23.8 Å². The Labute approximate surface area is 163 Å². The number of hydrogen-bond acceptors (Lipinski definition) is 5. The van der Waals surface area contributed by atoms with Crippen LogP contribution < -0.4 is 19.9 Å². The molecule has 0 spiro atoms. The Morgan fingerprint density at radius 1 is 0.929 bits per heavy atom. The number of aromatic nitrogens is 2. The molecule has 4 rings (SSSR count). The molecule has 0 fully saturated rings. The van der Waals surface area contributed by atoms with Crippen molar-refractivity contribution in [2.75, 3.05) is 21.3 Å². The van der Waals surface area contributed by atoms with Crippen LogP contribution in [0.25, 0.3) is 33.1 Å². The van der Waals surface area contributed by atoms with Gasteiger partial charge in [-0.3, -0.25) is 0 Å². The maximum absolute atomic E-state index is 5.96. The van der Waals surface area contributed by atoms with Crippen molar-refractivity contribution in [1.29, 1.82) is 0 Å². The van der Waals surface area contributed by atoms with Gasteiger partial charge in [0.2, 0.25) is 5.75 Å². The molecule has 0 saturated carbocycles. The lowest BCUT2D eigenvalue weighted by Crippen LogP contribution is -2.03. The number of pyridine rings is 1. The average molecular weight is 377 g/mol. The second kappa shape index (κ2) is 7.05. The van der Waals surface area contributed by atoms with Gasteiger partial charge in [0.15, 0.2) is 11.5 Å². The van der Waals surface area contributed by atoms with E-state index < -0.39 is 0 Å². The Morgan fingerprint density at radius 3 is 2.21 bits per heavy atom. The average Bonchev–Trinajstić information content (AvgIpc) is 3.04. The van der Waals surface area contributed by atoms with Gasteiger partial charge in [0.25, 0.3) is 0 Å². The summed E-state index contributed by atoms with van der Waals surface area (Å²) in [7, 11) is 6.86. The fraction of sp³-hybridized carbons (Fsp3) is 0.227. The molecule has 2 aromatic heterocycles. The maximum Gasteiger partial charge on any atom is 0.203 e. The van der Waals surface area contributed by atoms with Gasteiger partial charge in [-0.05, 0) is 24.3 Å². The second-order valence-electron chi connectivity index (χ2n) is 6.55. The summed E-state index contributed by atoms with van der Waals surface area (Å²) in [5.41, 5.74) is 10.7. The van der Waals surface area contributed by atoms with E-state index in [2.05, 4.69) is 29.8 Å². The van der Waals surface area contributed by atoms with E-state index in [0.717, 1.165) is 33.4 Å². The third kappa shape index (κ3) is 2.65. The molecule has 0 bridgehead atoms. The molecule has 2 aromatic carbocycles. The number of para-hydroxylation sites is 1. The molecule has 0 unspecified atom stereocenters. The molecule has 28 heavy (non-hydrogen) atoms. The predicted octanol–water partition coefficient (Wildman–Crippen LogP) is 3.88. The van der Waals surface area contributed by atoms with Gasteiger partial charge in [-0.2, -0.15) is 0 Å². The Bertz CT molecular complexity index is 1160. The zero-order valence-corrected chi connectivity index (χ0v) is 16.4. The number of hydrogen-bond donors (Lipinski definition) is 1. The van der Waals surface area contributed by atoms with Crippen LogP contribution in [0.15, 0.2) is 42.5 Å². The highest BCUT2D eigenvalue weighted by atomic mass is 16.5. The number of nitrogens with zero attached hydrogens (tertiary/aromatic N) is 2. The Kier molecular flexibility index (Phi) is 4.57. The van der Waals surface area contributed by atoms with Gasteiger partial charge in [0.1, 0.15) is 0 Å². The summed E-state index contributed by atoms with van der Waals surface area (Å²) < 4.78 is 18.7. The molecule has 0 radical (unpaired) electrons.